The molecule has 1 saturated heterocycles. The Balaban J connectivity index is 1.64. The van der Waals surface area contributed by atoms with Gasteiger partial charge in [-0.1, -0.05) is 17.7 Å². The van der Waals surface area contributed by atoms with E-state index in [4.69, 9.17) is 16.3 Å². The Hall–Kier alpha value is -1.97. The SMILES string of the molecule is COCCN1CCC(N[C@H]2N(O)c3c(ccc(F)c3F)N2c2cccc(Cl)c2)C1. The molecule has 0 aliphatic carbocycles. The van der Waals surface area contributed by atoms with E-state index in [2.05, 4.69) is 10.2 Å². The fourth-order valence-corrected chi connectivity index (χ4v) is 4.14. The van der Waals surface area contributed by atoms with Gasteiger partial charge in [0.15, 0.2) is 17.9 Å². The van der Waals surface area contributed by atoms with Crippen LogP contribution in [-0.4, -0.2) is 55.8 Å². The van der Waals surface area contributed by atoms with E-state index in [1.165, 1.54) is 6.07 Å². The van der Waals surface area contributed by atoms with Crippen LogP contribution in [0.2, 0.25) is 5.02 Å². The lowest BCUT2D eigenvalue weighted by Gasteiger charge is -2.32. The van der Waals surface area contributed by atoms with E-state index in [0.717, 1.165) is 37.2 Å². The Morgan fingerprint density at radius 1 is 1.28 bits per heavy atom. The predicted octanol–water partition coefficient (Wildman–Crippen LogP) is 3.56. The number of hydrogen-bond acceptors (Lipinski definition) is 6. The van der Waals surface area contributed by atoms with E-state index >= 15 is 0 Å². The molecule has 9 heteroatoms. The maximum absolute atomic E-state index is 14.5. The van der Waals surface area contributed by atoms with Crippen molar-refractivity contribution in [3.05, 3.63) is 53.1 Å². The van der Waals surface area contributed by atoms with Crippen molar-refractivity contribution in [1.82, 2.24) is 10.2 Å². The van der Waals surface area contributed by atoms with Gasteiger partial charge in [0, 0.05) is 37.0 Å². The third-order valence-electron chi connectivity index (χ3n) is 5.37. The van der Waals surface area contributed by atoms with E-state index in [0.29, 0.717) is 23.0 Å². The van der Waals surface area contributed by atoms with E-state index in [1.807, 2.05) is 6.07 Å². The smallest absolute Gasteiger partial charge is 0.186 e. The first-order chi connectivity index (χ1) is 14.0. The Kier molecular flexibility index (Phi) is 5.89. The van der Waals surface area contributed by atoms with Crippen LogP contribution in [-0.2, 0) is 4.74 Å². The molecule has 2 N–H and O–H groups in total. The summed E-state index contributed by atoms with van der Waals surface area (Å²) in [4.78, 5) is 3.98. The number of nitrogens with one attached hydrogen (secondary N) is 1. The van der Waals surface area contributed by atoms with Gasteiger partial charge in [-0.25, -0.2) is 13.8 Å². The largest absolute Gasteiger partial charge is 0.383 e. The van der Waals surface area contributed by atoms with E-state index in [-0.39, 0.29) is 11.7 Å². The molecular weight excluding hydrogens is 402 g/mol. The molecule has 2 aromatic carbocycles. The highest BCUT2D eigenvalue weighted by atomic mass is 35.5. The molecule has 156 valence electrons. The lowest BCUT2D eigenvalue weighted by atomic mass is 10.2. The first-order valence-corrected chi connectivity index (χ1v) is 9.85. The van der Waals surface area contributed by atoms with Gasteiger partial charge >= 0.3 is 0 Å². The quantitative estimate of drug-likeness (QED) is 0.739. The van der Waals surface area contributed by atoms with E-state index < -0.39 is 17.9 Å². The number of likely N-dealkylation sites (tertiary alicyclic amines) is 1. The number of nitrogens with zero attached hydrogens (tertiary/aromatic N) is 3. The molecule has 0 bridgehead atoms. The first kappa shape index (κ1) is 20.3. The van der Waals surface area contributed by atoms with Crippen molar-refractivity contribution < 1.29 is 18.7 Å². The fraction of sp³-hybridized carbons (Fsp3) is 0.400. The highest BCUT2D eigenvalue weighted by molar-refractivity contribution is 6.30. The molecule has 6 nitrogen and oxygen atoms in total. The molecule has 1 fully saturated rings. The molecule has 2 aliphatic rings. The zero-order valence-electron chi connectivity index (χ0n) is 16.0. The number of hydroxylamine groups is 1. The van der Waals surface area contributed by atoms with Crippen LogP contribution in [0.3, 0.4) is 0 Å². The third kappa shape index (κ3) is 3.91. The van der Waals surface area contributed by atoms with Gasteiger partial charge in [-0.3, -0.25) is 15.4 Å². The Morgan fingerprint density at radius 2 is 2.10 bits per heavy atom. The average Bonchev–Trinajstić information content (AvgIpc) is 3.26. The van der Waals surface area contributed by atoms with Crippen LogP contribution in [0.25, 0.3) is 0 Å². The second-order valence-corrected chi connectivity index (χ2v) is 7.68. The van der Waals surface area contributed by atoms with Gasteiger partial charge in [-0.15, -0.1) is 0 Å². The summed E-state index contributed by atoms with van der Waals surface area (Å²) in [5, 5.41) is 15.4. The number of fused-ring (bicyclic) bond motifs is 1. The number of halogens is 3. The summed E-state index contributed by atoms with van der Waals surface area (Å²) < 4.78 is 33.5. The fourth-order valence-electron chi connectivity index (χ4n) is 3.96. The minimum Gasteiger partial charge on any atom is -0.383 e. The second kappa shape index (κ2) is 8.41. The Labute approximate surface area is 173 Å². The van der Waals surface area contributed by atoms with Crippen molar-refractivity contribution in [3.8, 4) is 0 Å². The lowest BCUT2D eigenvalue weighted by molar-refractivity contribution is 0.157. The zero-order chi connectivity index (χ0) is 20.5. The normalized spacial score (nSPS) is 21.8. The zero-order valence-corrected chi connectivity index (χ0v) is 16.7. The third-order valence-corrected chi connectivity index (χ3v) is 5.60. The molecule has 0 aromatic heterocycles. The van der Waals surface area contributed by atoms with E-state index in [1.54, 1.807) is 30.2 Å². The van der Waals surface area contributed by atoms with Gasteiger partial charge in [-0.2, -0.15) is 0 Å². The number of hydrogen-bond donors (Lipinski definition) is 2. The maximum atomic E-state index is 14.5. The van der Waals surface area contributed by atoms with Crippen LogP contribution in [0.15, 0.2) is 36.4 Å². The number of benzene rings is 2. The Morgan fingerprint density at radius 3 is 2.86 bits per heavy atom. The molecule has 0 radical (unpaired) electrons. The van der Waals surface area contributed by atoms with Gasteiger partial charge < -0.3 is 9.64 Å². The minimum atomic E-state index is -1.09. The van der Waals surface area contributed by atoms with Crippen molar-refractivity contribution >= 4 is 28.7 Å². The molecular formula is C20H23ClF2N4O2. The Bertz CT molecular complexity index is 888. The number of anilines is 3. The molecule has 4 rings (SSSR count). The van der Waals surface area contributed by atoms with Crippen LogP contribution >= 0.6 is 11.6 Å². The van der Waals surface area contributed by atoms with Crippen LogP contribution in [0.1, 0.15) is 6.42 Å². The number of ether oxygens (including phenoxy) is 1. The number of rotatable bonds is 6. The van der Waals surface area contributed by atoms with Gasteiger partial charge in [0.2, 0.25) is 0 Å². The van der Waals surface area contributed by atoms with Gasteiger partial charge in [0.25, 0.3) is 0 Å². The highest BCUT2D eigenvalue weighted by Gasteiger charge is 2.41. The van der Waals surface area contributed by atoms with Gasteiger partial charge in [0.05, 0.1) is 12.3 Å². The van der Waals surface area contributed by atoms with Crippen molar-refractivity contribution in [3.63, 3.8) is 0 Å². The van der Waals surface area contributed by atoms with Crippen molar-refractivity contribution in [2.24, 2.45) is 0 Å². The standard InChI is InChI=1S/C20H23ClF2N4O2/c1-29-10-9-25-8-7-14(12-25)24-20-26(15-4-2-3-13(21)11-15)17-6-5-16(22)18(23)19(17)27(20)28/h2-6,11,14,20,24,28H,7-10,12H2,1H3/t14?,20-/m1/s1. The summed E-state index contributed by atoms with van der Waals surface area (Å²) in [7, 11) is 1.67. The highest BCUT2D eigenvalue weighted by Crippen LogP contribution is 2.45. The van der Waals surface area contributed by atoms with Gasteiger partial charge in [0.1, 0.15) is 5.69 Å². The molecule has 0 amide bonds. The van der Waals surface area contributed by atoms with Crippen molar-refractivity contribution in [2.45, 2.75) is 18.8 Å². The van der Waals surface area contributed by atoms with Crippen LogP contribution in [0.5, 0.6) is 0 Å². The van der Waals surface area contributed by atoms with Gasteiger partial charge in [-0.05, 0) is 43.3 Å². The minimum absolute atomic E-state index is 0.0652. The van der Waals surface area contributed by atoms with Crippen LogP contribution in [0.4, 0.5) is 25.8 Å². The molecule has 0 saturated carbocycles. The molecule has 0 spiro atoms. The molecule has 1 unspecified atom stereocenters. The van der Waals surface area contributed by atoms with Crippen LogP contribution < -0.4 is 15.3 Å². The first-order valence-electron chi connectivity index (χ1n) is 9.48. The molecule has 2 aromatic rings. The molecule has 29 heavy (non-hydrogen) atoms. The summed E-state index contributed by atoms with van der Waals surface area (Å²) in [5.74, 6) is -2.10. The molecule has 2 atom stereocenters. The topological polar surface area (TPSA) is 51.2 Å². The van der Waals surface area contributed by atoms with Crippen molar-refractivity contribution in [2.75, 3.05) is 43.3 Å². The van der Waals surface area contributed by atoms with Crippen molar-refractivity contribution in [1.29, 1.82) is 0 Å². The predicted molar refractivity (Wildman–Crippen MR) is 108 cm³/mol. The monoisotopic (exact) mass is 424 g/mol. The number of methoxy groups -OCH3 is 1. The average molecular weight is 425 g/mol. The molecule has 2 heterocycles. The lowest BCUT2D eigenvalue weighted by Crippen LogP contribution is -2.54. The summed E-state index contributed by atoms with van der Waals surface area (Å²) in [6.07, 6.45) is 0.0668. The summed E-state index contributed by atoms with van der Waals surface area (Å²) in [5.41, 5.74) is 0.824. The maximum Gasteiger partial charge on any atom is 0.186 e. The summed E-state index contributed by atoms with van der Waals surface area (Å²) in [6, 6.07) is 9.62. The van der Waals surface area contributed by atoms with Crippen LogP contribution in [0, 0.1) is 11.6 Å². The summed E-state index contributed by atoms with van der Waals surface area (Å²) >= 11 is 6.15. The molecule has 2 aliphatic heterocycles. The van der Waals surface area contributed by atoms with E-state index in [9.17, 15) is 14.0 Å². The summed E-state index contributed by atoms with van der Waals surface area (Å²) in [6.45, 7) is 3.13. The second-order valence-electron chi connectivity index (χ2n) is 7.24.